The van der Waals surface area contributed by atoms with Crippen LogP contribution in [0.1, 0.15) is 19.4 Å². The second-order valence-corrected chi connectivity index (χ2v) is 7.50. The van der Waals surface area contributed by atoms with Gasteiger partial charge in [-0.15, -0.1) is 0 Å². The van der Waals surface area contributed by atoms with Crippen molar-refractivity contribution in [3.8, 4) is 5.75 Å². The zero-order chi connectivity index (χ0) is 15.4. The van der Waals surface area contributed by atoms with Crippen LogP contribution in [-0.4, -0.2) is 33.9 Å². The lowest BCUT2D eigenvalue weighted by molar-refractivity contribution is 0.398. The SMILES string of the molecule is COc1ccc(Cl)cc1CNCC(C)(C)NS(C)(=O)=O. The Hall–Kier alpha value is -0.820. The Morgan fingerprint density at radius 3 is 2.55 bits per heavy atom. The van der Waals surface area contributed by atoms with Gasteiger partial charge < -0.3 is 10.1 Å². The molecule has 20 heavy (non-hydrogen) atoms. The molecule has 0 spiro atoms. The molecule has 0 aliphatic rings. The number of hydrogen-bond acceptors (Lipinski definition) is 4. The number of methoxy groups -OCH3 is 1. The van der Waals surface area contributed by atoms with E-state index in [1.54, 1.807) is 19.2 Å². The van der Waals surface area contributed by atoms with Crippen LogP contribution in [-0.2, 0) is 16.6 Å². The van der Waals surface area contributed by atoms with Gasteiger partial charge in [0, 0.05) is 29.2 Å². The van der Waals surface area contributed by atoms with E-state index in [-0.39, 0.29) is 0 Å². The predicted octanol–water partition coefficient (Wildman–Crippen LogP) is 1.77. The molecule has 7 heteroatoms. The number of ether oxygens (including phenoxy) is 1. The van der Waals surface area contributed by atoms with E-state index in [9.17, 15) is 8.42 Å². The Morgan fingerprint density at radius 2 is 2.00 bits per heavy atom. The van der Waals surface area contributed by atoms with Crippen LogP contribution in [0.2, 0.25) is 5.02 Å². The van der Waals surface area contributed by atoms with Crippen LogP contribution in [0.15, 0.2) is 18.2 Å². The van der Waals surface area contributed by atoms with Gasteiger partial charge in [0.05, 0.1) is 13.4 Å². The van der Waals surface area contributed by atoms with Crippen LogP contribution in [0.5, 0.6) is 5.75 Å². The third-order valence-electron chi connectivity index (χ3n) is 2.59. The molecule has 1 aromatic rings. The summed E-state index contributed by atoms with van der Waals surface area (Å²) in [5, 5.41) is 3.84. The molecule has 0 aromatic heterocycles. The van der Waals surface area contributed by atoms with Gasteiger partial charge in [0.1, 0.15) is 5.75 Å². The van der Waals surface area contributed by atoms with Gasteiger partial charge in [-0.1, -0.05) is 11.6 Å². The fraction of sp³-hybridized carbons (Fsp3) is 0.538. The lowest BCUT2D eigenvalue weighted by Crippen LogP contribution is -2.49. The van der Waals surface area contributed by atoms with Crippen LogP contribution in [0.3, 0.4) is 0 Å². The molecule has 114 valence electrons. The van der Waals surface area contributed by atoms with Gasteiger partial charge in [-0.2, -0.15) is 0 Å². The number of sulfonamides is 1. The molecule has 0 heterocycles. The maximum Gasteiger partial charge on any atom is 0.209 e. The topological polar surface area (TPSA) is 67.4 Å². The average molecular weight is 321 g/mol. The number of hydrogen-bond donors (Lipinski definition) is 2. The first kappa shape index (κ1) is 17.2. The van der Waals surface area contributed by atoms with Gasteiger partial charge >= 0.3 is 0 Å². The largest absolute Gasteiger partial charge is 0.496 e. The summed E-state index contributed by atoms with van der Waals surface area (Å²) in [7, 11) is -1.63. The molecule has 0 fully saturated rings. The highest BCUT2D eigenvalue weighted by Gasteiger charge is 2.21. The Balaban J connectivity index is 2.62. The van der Waals surface area contributed by atoms with E-state index in [0.717, 1.165) is 17.6 Å². The minimum Gasteiger partial charge on any atom is -0.496 e. The van der Waals surface area contributed by atoms with Gasteiger partial charge in [0.25, 0.3) is 0 Å². The van der Waals surface area contributed by atoms with Gasteiger partial charge in [-0.3, -0.25) is 0 Å². The third-order valence-corrected chi connectivity index (χ3v) is 3.75. The molecule has 1 aromatic carbocycles. The number of nitrogens with one attached hydrogen (secondary N) is 2. The van der Waals surface area contributed by atoms with E-state index in [0.29, 0.717) is 18.1 Å². The highest BCUT2D eigenvalue weighted by atomic mass is 35.5. The first-order valence-electron chi connectivity index (χ1n) is 6.15. The summed E-state index contributed by atoms with van der Waals surface area (Å²) >= 11 is 5.95. The lowest BCUT2D eigenvalue weighted by atomic mass is 10.1. The molecule has 0 aliphatic carbocycles. The minimum atomic E-state index is -3.23. The van der Waals surface area contributed by atoms with E-state index in [1.807, 2.05) is 19.9 Å². The second-order valence-electron chi connectivity index (χ2n) is 5.32. The first-order chi connectivity index (χ1) is 9.13. The monoisotopic (exact) mass is 320 g/mol. The lowest BCUT2D eigenvalue weighted by Gasteiger charge is -2.25. The molecule has 0 saturated carbocycles. The van der Waals surface area contributed by atoms with Gasteiger partial charge in [0.15, 0.2) is 0 Å². The van der Waals surface area contributed by atoms with Crippen LogP contribution >= 0.6 is 11.6 Å². The fourth-order valence-corrected chi connectivity index (χ4v) is 3.20. The van der Waals surface area contributed by atoms with Crippen molar-refractivity contribution in [3.05, 3.63) is 28.8 Å². The molecule has 1 rings (SSSR count). The molecule has 0 amide bonds. The number of benzene rings is 1. The quantitative estimate of drug-likeness (QED) is 0.803. The van der Waals surface area contributed by atoms with Crippen molar-refractivity contribution >= 4 is 21.6 Å². The summed E-state index contributed by atoms with van der Waals surface area (Å²) in [5.74, 6) is 0.746. The summed E-state index contributed by atoms with van der Waals surface area (Å²) < 4.78 is 30.3. The molecule has 0 aliphatic heterocycles. The second kappa shape index (κ2) is 6.76. The maximum absolute atomic E-state index is 11.2. The molecule has 0 unspecified atom stereocenters. The van der Waals surface area contributed by atoms with E-state index in [4.69, 9.17) is 16.3 Å². The van der Waals surface area contributed by atoms with Gasteiger partial charge in [-0.05, 0) is 32.0 Å². The van der Waals surface area contributed by atoms with Crippen molar-refractivity contribution in [2.45, 2.75) is 25.9 Å². The van der Waals surface area contributed by atoms with E-state index in [2.05, 4.69) is 10.0 Å². The van der Waals surface area contributed by atoms with E-state index < -0.39 is 15.6 Å². The maximum atomic E-state index is 11.2. The molecular formula is C13H21ClN2O3S. The van der Waals surface area contributed by atoms with Crippen LogP contribution in [0, 0.1) is 0 Å². The highest BCUT2D eigenvalue weighted by Crippen LogP contribution is 2.22. The Morgan fingerprint density at radius 1 is 1.35 bits per heavy atom. The zero-order valence-corrected chi connectivity index (χ0v) is 13.7. The van der Waals surface area contributed by atoms with E-state index in [1.165, 1.54) is 0 Å². The van der Waals surface area contributed by atoms with Crippen molar-refractivity contribution in [1.82, 2.24) is 10.0 Å². The van der Waals surface area contributed by atoms with Crippen molar-refractivity contribution < 1.29 is 13.2 Å². The van der Waals surface area contributed by atoms with Crippen LogP contribution < -0.4 is 14.8 Å². The standard InChI is InChI=1S/C13H21ClN2O3S/c1-13(2,16-20(4,17)18)9-15-8-10-7-11(14)5-6-12(10)19-3/h5-7,15-16H,8-9H2,1-4H3. The third kappa shape index (κ3) is 6.09. The number of rotatable bonds is 7. The van der Waals surface area contributed by atoms with Crippen LogP contribution in [0.4, 0.5) is 0 Å². The average Bonchev–Trinajstić information content (AvgIpc) is 2.25. The minimum absolute atomic E-state index is 0.482. The van der Waals surface area contributed by atoms with Crippen LogP contribution in [0.25, 0.3) is 0 Å². The molecule has 2 N–H and O–H groups in total. The molecule has 0 radical (unpaired) electrons. The Bertz CT molecular complexity index is 559. The molecular weight excluding hydrogens is 300 g/mol. The van der Waals surface area contributed by atoms with Crippen molar-refractivity contribution in [2.24, 2.45) is 0 Å². The highest BCUT2D eigenvalue weighted by molar-refractivity contribution is 7.88. The smallest absolute Gasteiger partial charge is 0.209 e. The van der Waals surface area contributed by atoms with Gasteiger partial charge in [-0.25, -0.2) is 13.1 Å². The Kier molecular flexibility index (Phi) is 5.82. The van der Waals surface area contributed by atoms with E-state index >= 15 is 0 Å². The predicted molar refractivity (Wildman–Crippen MR) is 81.8 cm³/mol. The van der Waals surface area contributed by atoms with Crippen molar-refractivity contribution in [1.29, 1.82) is 0 Å². The summed E-state index contributed by atoms with van der Waals surface area (Å²) in [5.41, 5.74) is 0.356. The molecule has 0 atom stereocenters. The molecule has 5 nitrogen and oxygen atoms in total. The van der Waals surface area contributed by atoms with Gasteiger partial charge in [0.2, 0.25) is 10.0 Å². The Labute approximate surface area is 125 Å². The van der Waals surface area contributed by atoms with Crippen molar-refractivity contribution in [3.63, 3.8) is 0 Å². The summed E-state index contributed by atoms with van der Waals surface area (Å²) in [6.07, 6.45) is 1.15. The summed E-state index contributed by atoms with van der Waals surface area (Å²) in [6.45, 7) is 4.65. The summed E-state index contributed by atoms with van der Waals surface area (Å²) in [4.78, 5) is 0. The first-order valence-corrected chi connectivity index (χ1v) is 8.42. The number of halogens is 1. The van der Waals surface area contributed by atoms with Crippen molar-refractivity contribution in [2.75, 3.05) is 19.9 Å². The summed E-state index contributed by atoms with van der Waals surface area (Å²) in [6, 6.07) is 5.39. The normalized spacial score (nSPS) is 12.4. The molecule has 0 saturated heterocycles. The zero-order valence-electron chi connectivity index (χ0n) is 12.2. The molecule has 0 bridgehead atoms. The fourth-order valence-electron chi connectivity index (χ4n) is 1.93.